The number of hydrogen-bond donors (Lipinski definition) is 1. The molecule has 1 amide bonds. The highest BCUT2D eigenvalue weighted by Gasteiger charge is 2.30. The Kier molecular flexibility index (Phi) is 3.20. The van der Waals surface area contributed by atoms with Gasteiger partial charge in [0.2, 0.25) is 5.91 Å². The van der Waals surface area contributed by atoms with Crippen LogP contribution in [-0.4, -0.2) is 5.91 Å². The molecule has 0 atom stereocenters. The second kappa shape index (κ2) is 4.91. The number of amides is 1. The van der Waals surface area contributed by atoms with Crippen LogP contribution in [0.5, 0.6) is 0 Å². The fourth-order valence-corrected chi connectivity index (χ4v) is 2.43. The van der Waals surface area contributed by atoms with Crippen LogP contribution in [0.4, 0.5) is 18.9 Å². The van der Waals surface area contributed by atoms with E-state index in [2.05, 4.69) is 5.32 Å². The molecule has 21 heavy (non-hydrogen) atoms. The minimum Gasteiger partial charge on any atom is -0.326 e. The van der Waals surface area contributed by atoms with Crippen molar-refractivity contribution in [3.63, 3.8) is 0 Å². The van der Waals surface area contributed by atoms with Crippen LogP contribution in [0.15, 0.2) is 42.5 Å². The molecule has 1 aliphatic rings. The maximum atomic E-state index is 12.8. The highest BCUT2D eigenvalue weighted by atomic mass is 19.4. The van der Waals surface area contributed by atoms with Gasteiger partial charge < -0.3 is 5.32 Å². The monoisotopic (exact) mass is 291 g/mol. The van der Waals surface area contributed by atoms with Gasteiger partial charge in [0.05, 0.1) is 5.56 Å². The topological polar surface area (TPSA) is 29.1 Å². The second-order valence-electron chi connectivity index (χ2n) is 5.00. The fourth-order valence-electron chi connectivity index (χ4n) is 2.43. The van der Waals surface area contributed by atoms with Gasteiger partial charge in [-0.05, 0) is 41.3 Å². The SMILES string of the molecule is O=C1CCc2ccc(-c3cccc(C(F)(F)F)c3)cc2N1. The van der Waals surface area contributed by atoms with Crippen LogP contribution < -0.4 is 5.32 Å². The van der Waals surface area contributed by atoms with Gasteiger partial charge in [-0.3, -0.25) is 4.79 Å². The van der Waals surface area contributed by atoms with Crippen LogP contribution in [0.1, 0.15) is 17.5 Å². The van der Waals surface area contributed by atoms with Crippen LogP contribution >= 0.6 is 0 Å². The van der Waals surface area contributed by atoms with Gasteiger partial charge >= 0.3 is 6.18 Å². The molecule has 108 valence electrons. The zero-order chi connectivity index (χ0) is 15.0. The Labute approximate surface area is 119 Å². The number of nitrogens with one attached hydrogen (secondary N) is 1. The Balaban J connectivity index is 2.01. The normalized spacial score (nSPS) is 14.5. The summed E-state index contributed by atoms with van der Waals surface area (Å²) in [6, 6.07) is 10.5. The number of halogens is 3. The zero-order valence-electron chi connectivity index (χ0n) is 11.0. The third-order valence-electron chi connectivity index (χ3n) is 3.53. The minimum atomic E-state index is -4.36. The largest absolute Gasteiger partial charge is 0.416 e. The molecule has 0 aliphatic carbocycles. The summed E-state index contributed by atoms with van der Waals surface area (Å²) in [5.41, 5.74) is 2.14. The van der Waals surface area contributed by atoms with Crippen molar-refractivity contribution >= 4 is 11.6 Å². The number of carbonyl (C=O) groups is 1. The quantitative estimate of drug-likeness (QED) is 0.835. The molecule has 3 rings (SSSR count). The second-order valence-corrected chi connectivity index (χ2v) is 5.00. The molecule has 0 radical (unpaired) electrons. The van der Waals surface area contributed by atoms with Gasteiger partial charge in [-0.1, -0.05) is 24.3 Å². The van der Waals surface area contributed by atoms with Crippen LogP contribution in [0.3, 0.4) is 0 Å². The van der Waals surface area contributed by atoms with E-state index < -0.39 is 11.7 Å². The van der Waals surface area contributed by atoms with E-state index in [9.17, 15) is 18.0 Å². The number of fused-ring (bicyclic) bond motifs is 1. The van der Waals surface area contributed by atoms with E-state index in [0.717, 1.165) is 17.7 Å². The maximum Gasteiger partial charge on any atom is 0.416 e. The van der Waals surface area contributed by atoms with Crippen molar-refractivity contribution in [2.75, 3.05) is 5.32 Å². The van der Waals surface area contributed by atoms with Gasteiger partial charge in [0.15, 0.2) is 0 Å². The number of alkyl halides is 3. The van der Waals surface area contributed by atoms with Crippen molar-refractivity contribution in [1.29, 1.82) is 0 Å². The van der Waals surface area contributed by atoms with Gasteiger partial charge in [0, 0.05) is 12.1 Å². The lowest BCUT2D eigenvalue weighted by molar-refractivity contribution is -0.137. The summed E-state index contributed by atoms with van der Waals surface area (Å²) < 4.78 is 38.3. The maximum absolute atomic E-state index is 12.8. The highest BCUT2D eigenvalue weighted by molar-refractivity contribution is 5.94. The summed E-state index contributed by atoms with van der Waals surface area (Å²) in [6.45, 7) is 0. The van der Waals surface area contributed by atoms with Gasteiger partial charge in [-0.2, -0.15) is 13.2 Å². The smallest absolute Gasteiger partial charge is 0.326 e. The molecule has 1 heterocycles. The first-order valence-electron chi connectivity index (χ1n) is 6.54. The molecule has 0 saturated heterocycles. The third kappa shape index (κ3) is 2.77. The van der Waals surface area contributed by atoms with Crippen LogP contribution in [-0.2, 0) is 17.4 Å². The van der Waals surface area contributed by atoms with E-state index >= 15 is 0 Å². The van der Waals surface area contributed by atoms with E-state index in [-0.39, 0.29) is 5.91 Å². The molecular formula is C16H12F3NO. The van der Waals surface area contributed by atoms with E-state index in [1.54, 1.807) is 18.2 Å². The minimum absolute atomic E-state index is 0.0660. The average molecular weight is 291 g/mol. The lowest BCUT2D eigenvalue weighted by atomic mass is 9.97. The zero-order valence-corrected chi connectivity index (χ0v) is 11.0. The molecule has 0 bridgehead atoms. The lowest BCUT2D eigenvalue weighted by Gasteiger charge is -2.18. The summed E-state index contributed by atoms with van der Waals surface area (Å²) >= 11 is 0. The molecule has 1 N–H and O–H groups in total. The molecule has 5 heteroatoms. The van der Waals surface area contributed by atoms with Crippen molar-refractivity contribution < 1.29 is 18.0 Å². The van der Waals surface area contributed by atoms with E-state index in [4.69, 9.17) is 0 Å². The molecule has 2 aromatic rings. The number of anilines is 1. The van der Waals surface area contributed by atoms with Crippen molar-refractivity contribution in [3.05, 3.63) is 53.6 Å². The molecular weight excluding hydrogens is 279 g/mol. The van der Waals surface area contributed by atoms with Crippen molar-refractivity contribution in [2.24, 2.45) is 0 Å². The summed E-state index contributed by atoms with van der Waals surface area (Å²) in [6.07, 6.45) is -3.27. The molecule has 0 aromatic heterocycles. The molecule has 1 aliphatic heterocycles. The van der Waals surface area contributed by atoms with Crippen LogP contribution in [0.25, 0.3) is 11.1 Å². The van der Waals surface area contributed by atoms with Gasteiger partial charge in [0.1, 0.15) is 0 Å². The van der Waals surface area contributed by atoms with Crippen LogP contribution in [0, 0.1) is 0 Å². The molecule has 0 spiro atoms. The molecule has 0 saturated carbocycles. The van der Waals surface area contributed by atoms with E-state index in [1.165, 1.54) is 6.07 Å². The highest BCUT2D eigenvalue weighted by Crippen LogP contribution is 2.34. The Hall–Kier alpha value is -2.30. The first-order valence-corrected chi connectivity index (χ1v) is 6.54. The van der Waals surface area contributed by atoms with Gasteiger partial charge in [-0.25, -0.2) is 0 Å². The number of aryl methyl sites for hydroxylation is 1. The molecule has 2 aromatic carbocycles. The Morgan fingerprint density at radius 2 is 1.71 bits per heavy atom. The predicted molar refractivity (Wildman–Crippen MR) is 73.8 cm³/mol. The summed E-state index contributed by atoms with van der Waals surface area (Å²) in [4.78, 5) is 11.4. The summed E-state index contributed by atoms with van der Waals surface area (Å²) in [5, 5.41) is 2.75. The molecule has 0 fully saturated rings. The summed E-state index contributed by atoms with van der Waals surface area (Å²) in [7, 11) is 0. The number of rotatable bonds is 1. The van der Waals surface area contributed by atoms with Crippen molar-refractivity contribution in [3.8, 4) is 11.1 Å². The van der Waals surface area contributed by atoms with Crippen molar-refractivity contribution in [2.45, 2.75) is 19.0 Å². The van der Waals surface area contributed by atoms with Crippen molar-refractivity contribution in [1.82, 2.24) is 0 Å². The molecule has 0 unspecified atom stereocenters. The molecule has 2 nitrogen and oxygen atoms in total. The standard InChI is InChI=1S/C16H12F3NO/c17-16(18,19)13-3-1-2-11(8-13)12-5-4-10-6-7-15(21)20-14(10)9-12/h1-5,8-9H,6-7H2,(H,20,21). The van der Waals surface area contributed by atoms with E-state index in [0.29, 0.717) is 29.7 Å². The van der Waals surface area contributed by atoms with Gasteiger partial charge in [0.25, 0.3) is 0 Å². The first kappa shape index (κ1) is 13.7. The van der Waals surface area contributed by atoms with E-state index in [1.807, 2.05) is 6.07 Å². The van der Waals surface area contributed by atoms with Crippen LogP contribution in [0.2, 0.25) is 0 Å². The number of hydrogen-bond acceptors (Lipinski definition) is 1. The van der Waals surface area contributed by atoms with Gasteiger partial charge in [-0.15, -0.1) is 0 Å². The Morgan fingerprint density at radius 1 is 0.952 bits per heavy atom. The third-order valence-corrected chi connectivity index (χ3v) is 3.53. The Morgan fingerprint density at radius 3 is 2.48 bits per heavy atom. The first-order chi connectivity index (χ1) is 9.93. The number of carbonyl (C=O) groups excluding carboxylic acids is 1. The fraction of sp³-hybridized carbons (Fsp3) is 0.188. The Bertz CT molecular complexity index is 707. The summed E-state index contributed by atoms with van der Waals surface area (Å²) in [5.74, 6) is -0.0660. The average Bonchev–Trinajstić information content (AvgIpc) is 2.45. The number of benzene rings is 2. The lowest BCUT2D eigenvalue weighted by Crippen LogP contribution is -2.18. The predicted octanol–water partition coefficient (Wildman–Crippen LogP) is 4.26.